The molecule has 0 saturated carbocycles. The molecule has 2 atom stereocenters. The molecule has 0 aromatic rings. The van der Waals surface area contributed by atoms with Gasteiger partial charge in [-0.05, 0) is 32.2 Å². The Balaban J connectivity index is 0.00000200. The highest BCUT2D eigenvalue weighted by Crippen LogP contribution is 2.17. The molecule has 0 bridgehead atoms. The molecule has 6 nitrogen and oxygen atoms in total. The van der Waals surface area contributed by atoms with E-state index >= 15 is 0 Å². The van der Waals surface area contributed by atoms with Gasteiger partial charge in [0.1, 0.15) is 0 Å². The molecule has 1 unspecified atom stereocenters. The summed E-state index contributed by atoms with van der Waals surface area (Å²) in [6.07, 6.45) is 3.75. The summed E-state index contributed by atoms with van der Waals surface area (Å²) in [6, 6.07) is 0.182. The van der Waals surface area contributed by atoms with Crippen LogP contribution in [0.5, 0.6) is 0 Å². The standard InChI is InChI=1S/C13H24N4O2.ClH/c14-11-4-2-5-16(8-11)9-12(18)17-6-1-3-10(7-17)13(15)19;/h10-11H,1-9,14H2,(H2,15,19);1H/t10?,11-;/m1./s1. The van der Waals surface area contributed by atoms with Gasteiger partial charge in [0.05, 0.1) is 12.5 Å². The van der Waals surface area contributed by atoms with E-state index < -0.39 is 0 Å². The number of nitrogens with zero attached hydrogens (tertiary/aromatic N) is 2. The number of carbonyl (C=O) groups excluding carboxylic acids is 2. The second-order valence-corrected chi connectivity index (χ2v) is 5.72. The van der Waals surface area contributed by atoms with Crippen molar-refractivity contribution < 1.29 is 9.59 Å². The summed E-state index contributed by atoms with van der Waals surface area (Å²) in [5.74, 6) is -0.376. The Kier molecular flexibility index (Phi) is 6.71. The van der Waals surface area contributed by atoms with Gasteiger partial charge in [-0.2, -0.15) is 0 Å². The fraction of sp³-hybridized carbons (Fsp3) is 0.846. The van der Waals surface area contributed by atoms with E-state index in [-0.39, 0.29) is 36.2 Å². The zero-order valence-corrected chi connectivity index (χ0v) is 12.6. The first kappa shape index (κ1) is 17.2. The van der Waals surface area contributed by atoms with Gasteiger partial charge < -0.3 is 16.4 Å². The molecule has 2 saturated heterocycles. The summed E-state index contributed by atoms with van der Waals surface area (Å²) in [6.45, 7) is 3.36. The third kappa shape index (κ3) is 4.61. The van der Waals surface area contributed by atoms with Crippen LogP contribution in [0.1, 0.15) is 25.7 Å². The number of hydrogen-bond donors (Lipinski definition) is 2. The van der Waals surface area contributed by atoms with Gasteiger partial charge in [0.25, 0.3) is 0 Å². The molecule has 2 aliphatic rings. The average Bonchev–Trinajstić information content (AvgIpc) is 2.39. The minimum atomic E-state index is -0.294. The second-order valence-electron chi connectivity index (χ2n) is 5.72. The minimum absolute atomic E-state index is 0. The molecule has 4 N–H and O–H groups in total. The van der Waals surface area contributed by atoms with E-state index in [1.54, 1.807) is 4.90 Å². The molecule has 2 aliphatic heterocycles. The highest BCUT2D eigenvalue weighted by atomic mass is 35.5. The maximum absolute atomic E-state index is 12.2. The number of carbonyl (C=O) groups is 2. The predicted octanol–water partition coefficient (Wildman–Crippen LogP) is -0.445. The Hall–Kier alpha value is -0.850. The lowest BCUT2D eigenvalue weighted by molar-refractivity contribution is -0.136. The third-order valence-electron chi connectivity index (χ3n) is 4.08. The molecule has 0 aliphatic carbocycles. The molecule has 116 valence electrons. The fourth-order valence-corrected chi connectivity index (χ4v) is 2.96. The number of rotatable bonds is 3. The molecular weight excluding hydrogens is 280 g/mol. The van der Waals surface area contributed by atoms with Crippen LogP contribution in [0.25, 0.3) is 0 Å². The lowest BCUT2D eigenvalue weighted by atomic mass is 9.97. The molecule has 0 spiro atoms. The van der Waals surface area contributed by atoms with E-state index in [1.165, 1.54) is 0 Å². The van der Waals surface area contributed by atoms with Gasteiger partial charge in [-0.1, -0.05) is 0 Å². The van der Waals surface area contributed by atoms with E-state index in [9.17, 15) is 9.59 Å². The lowest BCUT2D eigenvalue weighted by Gasteiger charge is -2.35. The third-order valence-corrected chi connectivity index (χ3v) is 4.08. The molecular formula is C13H25ClN4O2. The van der Waals surface area contributed by atoms with Crippen LogP contribution in [0.4, 0.5) is 0 Å². The van der Waals surface area contributed by atoms with Crippen molar-refractivity contribution in [2.75, 3.05) is 32.7 Å². The van der Waals surface area contributed by atoms with Gasteiger partial charge in [-0.15, -0.1) is 12.4 Å². The number of piperidine rings is 2. The van der Waals surface area contributed by atoms with Gasteiger partial charge in [-0.3, -0.25) is 14.5 Å². The fourth-order valence-electron chi connectivity index (χ4n) is 2.96. The Morgan fingerprint density at radius 3 is 2.45 bits per heavy atom. The largest absolute Gasteiger partial charge is 0.369 e. The zero-order valence-electron chi connectivity index (χ0n) is 11.8. The molecule has 0 radical (unpaired) electrons. The number of nitrogens with two attached hydrogens (primary N) is 2. The van der Waals surface area contributed by atoms with E-state index in [0.29, 0.717) is 13.1 Å². The molecule has 0 aromatic heterocycles. The topological polar surface area (TPSA) is 92.7 Å². The van der Waals surface area contributed by atoms with Gasteiger partial charge in [0.15, 0.2) is 0 Å². The van der Waals surface area contributed by atoms with Crippen molar-refractivity contribution in [3.63, 3.8) is 0 Å². The Labute approximate surface area is 126 Å². The van der Waals surface area contributed by atoms with Crippen LogP contribution in [0, 0.1) is 5.92 Å². The smallest absolute Gasteiger partial charge is 0.236 e. The van der Waals surface area contributed by atoms with Crippen LogP contribution < -0.4 is 11.5 Å². The Morgan fingerprint density at radius 2 is 1.80 bits per heavy atom. The number of hydrogen-bond acceptors (Lipinski definition) is 4. The number of likely N-dealkylation sites (tertiary alicyclic amines) is 2. The molecule has 2 rings (SSSR count). The second kappa shape index (κ2) is 7.81. The van der Waals surface area contributed by atoms with Crippen molar-refractivity contribution in [2.24, 2.45) is 17.4 Å². The van der Waals surface area contributed by atoms with Gasteiger partial charge in [0, 0.05) is 25.7 Å². The SMILES string of the molecule is Cl.NC(=O)C1CCCN(C(=O)CN2CCC[C@@H](N)C2)C1. The van der Waals surface area contributed by atoms with Crippen molar-refractivity contribution >= 4 is 24.2 Å². The maximum atomic E-state index is 12.2. The number of amides is 2. The molecule has 7 heteroatoms. The molecule has 2 amide bonds. The van der Waals surface area contributed by atoms with Crippen molar-refractivity contribution in [1.82, 2.24) is 9.80 Å². The first-order valence-corrected chi connectivity index (χ1v) is 7.11. The summed E-state index contributed by atoms with van der Waals surface area (Å²) < 4.78 is 0. The van der Waals surface area contributed by atoms with Gasteiger partial charge in [0.2, 0.25) is 11.8 Å². The van der Waals surface area contributed by atoms with Gasteiger partial charge >= 0.3 is 0 Å². The molecule has 0 aromatic carbocycles. The average molecular weight is 305 g/mol. The molecule has 2 heterocycles. The summed E-state index contributed by atoms with van der Waals surface area (Å²) in [4.78, 5) is 27.3. The van der Waals surface area contributed by atoms with Crippen molar-refractivity contribution in [3.8, 4) is 0 Å². The van der Waals surface area contributed by atoms with Crippen LogP contribution in [0.2, 0.25) is 0 Å². The first-order chi connectivity index (χ1) is 9.06. The zero-order chi connectivity index (χ0) is 13.8. The van der Waals surface area contributed by atoms with E-state index in [2.05, 4.69) is 4.90 Å². The monoisotopic (exact) mass is 304 g/mol. The predicted molar refractivity (Wildman–Crippen MR) is 79.4 cm³/mol. The van der Waals surface area contributed by atoms with Crippen LogP contribution in [-0.2, 0) is 9.59 Å². The molecule has 2 fully saturated rings. The van der Waals surface area contributed by atoms with Crippen molar-refractivity contribution in [1.29, 1.82) is 0 Å². The summed E-state index contributed by atoms with van der Waals surface area (Å²) in [5, 5.41) is 0. The van der Waals surface area contributed by atoms with Crippen LogP contribution in [0.3, 0.4) is 0 Å². The van der Waals surface area contributed by atoms with E-state index in [4.69, 9.17) is 11.5 Å². The lowest BCUT2D eigenvalue weighted by Crippen LogP contribution is -2.50. The van der Waals surface area contributed by atoms with E-state index in [1.807, 2.05) is 0 Å². The number of halogens is 1. The summed E-state index contributed by atoms with van der Waals surface area (Å²) in [5.41, 5.74) is 11.2. The van der Waals surface area contributed by atoms with Crippen LogP contribution in [-0.4, -0.2) is 60.4 Å². The normalized spacial score (nSPS) is 27.8. The number of primary amides is 1. The van der Waals surface area contributed by atoms with Crippen molar-refractivity contribution in [2.45, 2.75) is 31.7 Å². The highest BCUT2D eigenvalue weighted by Gasteiger charge is 2.28. The Morgan fingerprint density at radius 1 is 1.10 bits per heavy atom. The van der Waals surface area contributed by atoms with E-state index in [0.717, 1.165) is 45.3 Å². The van der Waals surface area contributed by atoms with Crippen molar-refractivity contribution in [3.05, 3.63) is 0 Å². The minimum Gasteiger partial charge on any atom is -0.369 e. The molecule has 20 heavy (non-hydrogen) atoms. The van der Waals surface area contributed by atoms with Gasteiger partial charge in [-0.25, -0.2) is 0 Å². The Bertz CT molecular complexity index is 353. The summed E-state index contributed by atoms with van der Waals surface area (Å²) in [7, 11) is 0. The maximum Gasteiger partial charge on any atom is 0.236 e. The van der Waals surface area contributed by atoms with Crippen LogP contribution >= 0.6 is 12.4 Å². The summed E-state index contributed by atoms with van der Waals surface area (Å²) >= 11 is 0. The first-order valence-electron chi connectivity index (χ1n) is 7.11. The van der Waals surface area contributed by atoms with Crippen LogP contribution in [0.15, 0.2) is 0 Å². The highest BCUT2D eigenvalue weighted by molar-refractivity contribution is 5.85. The quantitative estimate of drug-likeness (QED) is 0.739.